The van der Waals surface area contributed by atoms with Crippen LogP contribution in [0.1, 0.15) is 86.9 Å². The summed E-state index contributed by atoms with van der Waals surface area (Å²) in [5.74, 6) is 0.141. The molecule has 4 rings (SSSR count). The summed E-state index contributed by atoms with van der Waals surface area (Å²) >= 11 is 13.7. The molecule has 0 saturated heterocycles. The molecule has 0 bridgehead atoms. The number of hydrogen-bond donors (Lipinski definition) is 3. The van der Waals surface area contributed by atoms with Crippen molar-refractivity contribution in [2.24, 2.45) is 5.92 Å². The topological polar surface area (TPSA) is 105 Å². The molecule has 11 heteroatoms. The van der Waals surface area contributed by atoms with E-state index < -0.39 is 14.4 Å². The van der Waals surface area contributed by atoms with Gasteiger partial charge in [-0.25, -0.2) is 9.97 Å². The number of carbonyl (C=O) groups is 1. The Morgan fingerprint density at radius 1 is 1.12 bits per heavy atom. The van der Waals surface area contributed by atoms with Gasteiger partial charge in [-0.3, -0.25) is 4.79 Å². The van der Waals surface area contributed by atoms with Crippen LogP contribution < -0.4 is 5.32 Å². The van der Waals surface area contributed by atoms with Gasteiger partial charge in [0.15, 0.2) is 0 Å². The molecule has 0 aliphatic heterocycles. The third-order valence-electron chi connectivity index (χ3n) is 8.62. The number of aromatic nitrogens is 2. The van der Waals surface area contributed by atoms with Gasteiger partial charge in [0.2, 0.25) is 14.1 Å². The maximum absolute atomic E-state index is 13.7. The maximum Gasteiger partial charge on any atom is 0.208 e. The minimum atomic E-state index is -2.14. The zero-order valence-electron chi connectivity index (χ0n) is 25.0. The van der Waals surface area contributed by atoms with Crippen LogP contribution >= 0.6 is 34.5 Å². The minimum absolute atomic E-state index is 0.00162. The first kappa shape index (κ1) is 33.0. The summed E-state index contributed by atoms with van der Waals surface area (Å²) in [7, 11) is -2.14. The molecule has 1 aromatic carbocycles. The highest BCUT2D eigenvalue weighted by Gasteiger charge is 2.49. The summed E-state index contributed by atoms with van der Waals surface area (Å²) in [5, 5.41) is 25.2. The second kappa shape index (κ2) is 13.8. The molecule has 1 aliphatic carbocycles. The van der Waals surface area contributed by atoms with E-state index in [4.69, 9.17) is 27.6 Å². The number of carbonyl (C=O) groups excluding carboxylic acids is 1. The standard InChI is InChI=1S/C31H41Cl2N3O4SSi/c1-17(2)42(18(3)4,19(5)6)40-26-12-23(11-21(26)15-37)36-31-25(14-34-16-35-31)29(39)27-13-24(30(33)41-27)28(38)20-8-7-9-22(32)10-20/h7-10,13-14,16-19,21,23,26,28,37-38H,11-12,15H2,1-6H3,(H,34,35,36)/t21-,23-,26+,28-/m1/s1. The highest BCUT2D eigenvalue weighted by Crippen LogP contribution is 2.46. The Bertz CT molecular complexity index is 1360. The van der Waals surface area contributed by atoms with Crippen molar-refractivity contribution in [1.29, 1.82) is 0 Å². The Morgan fingerprint density at radius 3 is 2.43 bits per heavy atom. The number of nitrogens with zero attached hydrogens (tertiary/aromatic N) is 2. The molecule has 42 heavy (non-hydrogen) atoms. The molecule has 4 atom stereocenters. The fourth-order valence-corrected chi connectivity index (χ4v) is 13.8. The van der Waals surface area contributed by atoms with Gasteiger partial charge in [-0.05, 0) is 53.2 Å². The number of halogens is 2. The van der Waals surface area contributed by atoms with Gasteiger partial charge in [-0.1, -0.05) is 76.9 Å². The maximum atomic E-state index is 13.7. The quantitative estimate of drug-likeness (QED) is 0.135. The number of ketones is 1. The van der Waals surface area contributed by atoms with E-state index in [2.05, 4.69) is 56.8 Å². The molecular weight excluding hydrogens is 609 g/mol. The lowest BCUT2D eigenvalue weighted by Crippen LogP contribution is -2.51. The summed E-state index contributed by atoms with van der Waals surface area (Å²) in [6.07, 6.45) is 3.24. The van der Waals surface area contributed by atoms with Crippen molar-refractivity contribution in [1.82, 2.24) is 9.97 Å². The van der Waals surface area contributed by atoms with Crippen molar-refractivity contribution in [3.63, 3.8) is 0 Å². The van der Waals surface area contributed by atoms with Gasteiger partial charge < -0.3 is 20.0 Å². The largest absolute Gasteiger partial charge is 0.413 e. The lowest BCUT2D eigenvalue weighted by Gasteiger charge is -2.45. The van der Waals surface area contributed by atoms with E-state index in [0.717, 1.165) is 11.3 Å². The zero-order chi connectivity index (χ0) is 30.8. The van der Waals surface area contributed by atoms with E-state index in [1.165, 1.54) is 12.5 Å². The number of thiophene rings is 1. The predicted octanol–water partition coefficient (Wildman–Crippen LogP) is 7.90. The summed E-state index contributed by atoms with van der Waals surface area (Å²) in [6.45, 7) is 13.6. The Morgan fingerprint density at radius 2 is 1.81 bits per heavy atom. The summed E-state index contributed by atoms with van der Waals surface area (Å²) in [5.41, 5.74) is 2.66. The van der Waals surface area contributed by atoms with Gasteiger partial charge in [0.1, 0.15) is 18.2 Å². The lowest BCUT2D eigenvalue weighted by molar-refractivity contribution is 0.0941. The van der Waals surface area contributed by atoms with Gasteiger partial charge in [0.25, 0.3) is 0 Å². The van der Waals surface area contributed by atoms with Crippen molar-refractivity contribution >= 4 is 54.5 Å². The molecule has 1 saturated carbocycles. The molecule has 2 aromatic heterocycles. The van der Waals surface area contributed by atoms with E-state index in [0.29, 0.717) is 66.2 Å². The van der Waals surface area contributed by atoms with E-state index in [-0.39, 0.29) is 30.5 Å². The van der Waals surface area contributed by atoms with E-state index in [1.807, 2.05) is 0 Å². The second-order valence-corrected chi connectivity index (χ2v) is 19.6. The number of benzene rings is 1. The van der Waals surface area contributed by atoms with Crippen LogP contribution in [0.3, 0.4) is 0 Å². The molecule has 2 heterocycles. The number of hydrogen-bond acceptors (Lipinski definition) is 8. The summed E-state index contributed by atoms with van der Waals surface area (Å²) in [6, 6.07) is 8.50. The van der Waals surface area contributed by atoms with E-state index in [1.54, 1.807) is 30.3 Å². The molecule has 1 aliphatic rings. The van der Waals surface area contributed by atoms with Crippen molar-refractivity contribution in [3.8, 4) is 0 Å². The normalized spacial score (nSPS) is 20.1. The van der Waals surface area contributed by atoms with Crippen LogP contribution in [0, 0.1) is 5.92 Å². The van der Waals surface area contributed by atoms with Gasteiger partial charge in [-0.15, -0.1) is 11.3 Å². The highest BCUT2D eigenvalue weighted by atomic mass is 35.5. The highest BCUT2D eigenvalue weighted by molar-refractivity contribution is 7.18. The number of anilines is 1. The van der Waals surface area contributed by atoms with E-state index in [9.17, 15) is 15.0 Å². The van der Waals surface area contributed by atoms with Gasteiger partial charge in [0.05, 0.1) is 20.9 Å². The molecule has 3 aromatic rings. The fraction of sp³-hybridized carbons (Fsp3) is 0.516. The SMILES string of the molecule is CC(C)[Si](O[C@H]1C[C@H](Nc2ncncc2C(=O)c2cc([C@H](O)c3cccc(Cl)c3)c(Cl)s2)C[C@@H]1CO)(C(C)C)C(C)C. The van der Waals surface area contributed by atoms with Crippen molar-refractivity contribution in [3.05, 3.63) is 73.8 Å². The number of rotatable bonds is 12. The molecule has 0 unspecified atom stereocenters. The predicted molar refractivity (Wildman–Crippen MR) is 173 cm³/mol. The van der Waals surface area contributed by atoms with Crippen LogP contribution in [-0.4, -0.2) is 53.0 Å². The van der Waals surface area contributed by atoms with Crippen LogP contribution in [0.15, 0.2) is 42.9 Å². The smallest absolute Gasteiger partial charge is 0.208 e. The lowest BCUT2D eigenvalue weighted by atomic mass is 10.0. The zero-order valence-corrected chi connectivity index (χ0v) is 28.3. The third kappa shape index (κ3) is 6.77. The average molecular weight is 651 g/mol. The van der Waals surface area contributed by atoms with Crippen LogP contribution in [0.5, 0.6) is 0 Å². The van der Waals surface area contributed by atoms with Crippen LogP contribution in [-0.2, 0) is 4.43 Å². The Hall–Kier alpha value is -1.85. The van der Waals surface area contributed by atoms with Crippen molar-refractivity contribution in [2.75, 3.05) is 11.9 Å². The van der Waals surface area contributed by atoms with Gasteiger partial charge in [-0.2, -0.15) is 0 Å². The first-order chi connectivity index (χ1) is 19.9. The van der Waals surface area contributed by atoms with Crippen LogP contribution in [0.25, 0.3) is 0 Å². The average Bonchev–Trinajstić information content (AvgIpc) is 3.52. The van der Waals surface area contributed by atoms with Gasteiger partial charge in [0, 0.05) is 35.3 Å². The van der Waals surface area contributed by atoms with Crippen molar-refractivity contribution in [2.45, 2.75) is 89.3 Å². The third-order valence-corrected chi connectivity index (χ3v) is 16.4. The molecule has 3 N–H and O–H groups in total. The van der Waals surface area contributed by atoms with Crippen molar-refractivity contribution < 1.29 is 19.4 Å². The molecule has 0 amide bonds. The van der Waals surface area contributed by atoms with Crippen LogP contribution in [0.2, 0.25) is 26.0 Å². The Kier molecular flexibility index (Phi) is 10.9. The summed E-state index contributed by atoms with van der Waals surface area (Å²) < 4.78 is 7.40. The number of aliphatic hydroxyl groups excluding tert-OH is 2. The molecule has 228 valence electrons. The van der Waals surface area contributed by atoms with E-state index >= 15 is 0 Å². The second-order valence-electron chi connectivity index (χ2n) is 12.1. The monoisotopic (exact) mass is 649 g/mol. The molecule has 0 spiro atoms. The Labute approximate surface area is 263 Å². The van der Waals surface area contributed by atoms with Crippen LogP contribution in [0.4, 0.5) is 5.82 Å². The fourth-order valence-electron chi connectivity index (χ4n) is 6.69. The number of aliphatic hydroxyl groups is 2. The summed E-state index contributed by atoms with van der Waals surface area (Å²) in [4.78, 5) is 22.6. The Balaban J connectivity index is 1.55. The molecular formula is C31H41Cl2N3O4SSi. The number of nitrogens with one attached hydrogen (secondary N) is 1. The van der Waals surface area contributed by atoms with Gasteiger partial charge >= 0.3 is 0 Å². The molecule has 7 nitrogen and oxygen atoms in total. The molecule has 0 radical (unpaired) electrons. The molecule has 1 fully saturated rings. The first-order valence-electron chi connectivity index (χ1n) is 14.5. The minimum Gasteiger partial charge on any atom is -0.413 e. The first-order valence-corrected chi connectivity index (χ1v) is 18.2.